The second kappa shape index (κ2) is 6.78. The van der Waals surface area contributed by atoms with Crippen molar-refractivity contribution in [3.63, 3.8) is 0 Å². The van der Waals surface area contributed by atoms with Gasteiger partial charge < -0.3 is 14.6 Å². The molecular formula is C16H20ClN2O2+. The van der Waals surface area contributed by atoms with Crippen molar-refractivity contribution >= 4 is 11.6 Å². The molecule has 112 valence electrons. The summed E-state index contributed by atoms with van der Waals surface area (Å²) >= 11 is 5.86. The van der Waals surface area contributed by atoms with E-state index in [2.05, 4.69) is 0 Å². The van der Waals surface area contributed by atoms with E-state index in [1.807, 2.05) is 26.2 Å². The lowest BCUT2D eigenvalue weighted by Crippen LogP contribution is -3.06. The number of likely N-dealkylation sites (N-methyl/N-ethyl adjacent to an activating group) is 1. The Bertz CT molecular complexity index is 663. The fourth-order valence-corrected chi connectivity index (χ4v) is 2.23. The van der Waals surface area contributed by atoms with E-state index in [1.54, 1.807) is 29.0 Å². The van der Waals surface area contributed by atoms with Gasteiger partial charge in [-0.05, 0) is 23.8 Å². The van der Waals surface area contributed by atoms with Crippen LogP contribution in [0.3, 0.4) is 0 Å². The van der Waals surface area contributed by atoms with Crippen molar-refractivity contribution in [1.29, 1.82) is 0 Å². The predicted octanol–water partition coefficient (Wildman–Crippen LogP) is 0.943. The molecular weight excluding hydrogens is 288 g/mol. The van der Waals surface area contributed by atoms with Crippen molar-refractivity contribution in [2.45, 2.75) is 13.0 Å². The first-order chi connectivity index (χ1) is 9.97. The minimum Gasteiger partial charge on any atom is -0.507 e. The first kappa shape index (κ1) is 15.6. The average Bonchev–Trinajstić information content (AvgIpc) is 2.44. The highest BCUT2D eigenvalue weighted by molar-refractivity contribution is 6.30. The summed E-state index contributed by atoms with van der Waals surface area (Å²) in [6.45, 7) is 1.49. The molecule has 1 aromatic heterocycles. The molecule has 0 spiro atoms. The number of nitrogens with one attached hydrogen (secondary N) is 1. The van der Waals surface area contributed by atoms with Gasteiger partial charge in [-0.2, -0.15) is 0 Å². The lowest BCUT2D eigenvalue weighted by Gasteiger charge is -2.12. The maximum atomic E-state index is 12.4. The van der Waals surface area contributed by atoms with Crippen LogP contribution < -0.4 is 10.5 Å². The Hall–Kier alpha value is -1.78. The van der Waals surface area contributed by atoms with Crippen molar-refractivity contribution < 1.29 is 10.0 Å². The van der Waals surface area contributed by atoms with Crippen LogP contribution in [0.2, 0.25) is 5.02 Å². The van der Waals surface area contributed by atoms with E-state index in [-0.39, 0.29) is 11.3 Å². The number of pyridine rings is 1. The van der Waals surface area contributed by atoms with E-state index >= 15 is 0 Å². The molecule has 1 aromatic carbocycles. The van der Waals surface area contributed by atoms with Gasteiger partial charge in [0.15, 0.2) is 0 Å². The molecule has 2 aromatic rings. The summed E-state index contributed by atoms with van der Waals surface area (Å²) in [5.74, 6) is 0.0448. The topological polar surface area (TPSA) is 46.7 Å². The van der Waals surface area contributed by atoms with Gasteiger partial charge in [0, 0.05) is 17.6 Å². The molecule has 2 N–H and O–H groups in total. The fraction of sp³-hybridized carbons (Fsp3) is 0.312. The number of hydrogen-bond acceptors (Lipinski definition) is 2. The Kier molecular flexibility index (Phi) is 5.04. The van der Waals surface area contributed by atoms with Gasteiger partial charge in [0.2, 0.25) is 0 Å². The standard InChI is InChI=1S/C16H19ClN2O2/c1-18(2)9-10-19-8-7-15(20)14(16(19)21)11-12-3-5-13(17)6-4-12/h3-8,20H,9-11H2,1-2H3/p+1. The molecule has 0 bridgehead atoms. The predicted molar refractivity (Wildman–Crippen MR) is 84.3 cm³/mol. The average molecular weight is 308 g/mol. The molecule has 0 amide bonds. The van der Waals surface area contributed by atoms with Crippen molar-refractivity contribution in [3.05, 3.63) is 63.0 Å². The zero-order valence-electron chi connectivity index (χ0n) is 12.3. The second-order valence-electron chi connectivity index (χ2n) is 5.44. The van der Waals surface area contributed by atoms with Crippen LogP contribution in [0.15, 0.2) is 41.3 Å². The van der Waals surface area contributed by atoms with Crippen LogP contribution >= 0.6 is 11.6 Å². The highest BCUT2D eigenvalue weighted by Gasteiger charge is 2.11. The highest BCUT2D eigenvalue weighted by atomic mass is 35.5. The third-order valence-electron chi connectivity index (χ3n) is 3.39. The van der Waals surface area contributed by atoms with Gasteiger partial charge in [0.05, 0.1) is 32.7 Å². The molecule has 4 nitrogen and oxygen atoms in total. The number of quaternary nitrogens is 1. The van der Waals surface area contributed by atoms with Crippen LogP contribution in [0.25, 0.3) is 0 Å². The molecule has 0 aliphatic carbocycles. The number of halogens is 1. The Morgan fingerprint density at radius 2 is 1.86 bits per heavy atom. The third-order valence-corrected chi connectivity index (χ3v) is 3.64. The minimum atomic E-state index is -0.133. The summed E-state index contributed by atoms with van der Waals surface area (Å²) in [7, 11) is 4.08. The van der Waals surface area contributed by atoms with Crippen molar-refractivity contribution in [1.82, 2.24) is 4.57 Å². The van der Waals surface area contributed by atoms with Crippen LogP contribution in [0, 0.1) is 0 Å². The lowest BCUT2D eigenvalue weighted by atomic mass is 10.1. The number of nitrogens with zero attached hydrogens (tertiary/aromatic N) is 1. The van der Waals surface area contributed by atoms with Gasteiger partial charge in [-0.25, -0.2) is 0 Å². The van der Waals surface area contributed by atoms with Crippen molar-refractivity contribution in [2.75, 3.05) is 20.6 Å². The normalized spacial score (nSPS) is 11.0. The molecule has 0 saturated carbocycles. The second-order valence-corrected chi connectivity index (χ2v) is 5.87. The van der Waals surface area contributed by atoms with Crippen molar-refractivity contribution in [3.8, 4) is 5.75 Å². The highest BCUT2D eigenvalue weighted by Crippen LogP contribution is 2.17. The van der Waals surface area contributed by atoms with Crippen LogP contribution in [-0.4, -0.2) is 30.3 Å². The Balaban J connectivity index is 2.27. The Morgan fingerprint density at radius 1 is 1.19 bits per heavy atom. The molecule has 5 heteroatoms. The van der Waals surface area contributed by atoms with Gasteiger partial charge in [0.25, 0.3) is 5.56 Å². The van der Waals surface area contributed by atoms with Gasteiger partial charge in [-0.1, -0.05) is 23.7 Å². The van der Waals surface area contributed by atoms with Crippen molar-refractivity contribution in [2.24, 2.45) is 0 Å². The number of aromatic hydroxyl groups is 1. The van der Waals surface area contributed by atoms with E-state index in [1.165, 1.54) is 4.90 Å². The Labute approximate surface area is 129 Å². The minimum absolute atomic E-state index is 0.0448. The van der Waals surface area contributed by atoms with Gasteiger partial charge in [-0.3, -0.25) is 4.79 Å². The number of benzene rings is 1. The summed E-state index contributed by atoms with van der Waals surface area (Å²) in [4.78, 5) is 13.7. The molecule has 0 atom stereocenters. The molecule has 0 aliphatic heterocycles. The first-order valence-electron chi connectivity index (χ1n) is 6.92. The molecule has 0 saturated heterocycles. The lowest BCUT2D eigenvalue weighted by molar-refractivity contribution is -0.858. The summed E-state index contributed by atoms with van der Waals surface area (Å²) in [6, 6.07) is 8.87. The maximum absolute atomic E-state index is 12.4. The Morgan fingerprint density at radius 3 is 2.48 bits per heavy atom. The van der Waals surface area contributed by atoms with E-state index in [0.717, 1.165) is 12.1 Å². The molecule has 0 aliphatic rings. The van der Waals surface area contributed by atoms with E-state index in [9.17, 15) is 9.90 Å². The fourth-order valence-electron chi connectivity index (χ4n) is 2.10. The summed E-state index contributed by atoms with van der Waals surface area (Å²) in [5, 5.41) is 10.6. The van der Waals surface area contributed by atoms with Gasteiger partial charge in [0.1, 0.15) is 5.75 Å². The third kappa shape index (κ3) is 4.09. The van der Waals surface area contributed by atoms with E-state index < -0.39 is 0 Å². The van der Waals surface area contributed by atoms with E-state index in [4.69, 9.17) is 11.6 Å². The van der Waals surface area contributed by atoms with Crippen LogP contribution in [0.1, 0.15) is 11.1 Å². The molecule has 0 fully saturated rings. The molecule has 21 heavy (non-hydrogen) atoms. The first-order valence-corrected chi connectivity index (χ1v) is 7.30. The van der Waals surface area contributed by atoms with Crippen LogP contribution in [0.4, 0.5) is 0 Å². The summed E-state index contributed by atoms with van der Waals surface area (Å²) in [5.41, 5.74) is 1.24. The molecule has 0 radical (unpaired) electrons. The molecule has 0 unspecified atom stereocenters. The summed E-state index contributed by atoms with van der Waals surface area (Å²) < 4.78 is 1.65. The monoisotopic (exact) mass is 307 g/mol. The quantitative estimate of drug-likeness (QED) is 0.864. The van der Waals surface area contributed by atoms with Crippen LogP contribution in [0.5, 0.6) is 5.75 Å². The number of rotatable bonds is 5. The number of hydrogen-bond donors (Lipinski definition) is 2. The van der Waals surface area contributed by atoms with E-state index in [0.29, 0.717) is 23.6 Å². The SMILES string of the molecule is C[NH+](C)CCn1ccc(O)c(Cc2ccc(Cl)cc2)c1=O. The largest absolute Gasteiger partial charge is 0.507 e. The van der Waals surface area contributed by atoms with Gasteiger partial charge in [-0.15, -0.1) is 0 Å². The van der Waals surface area contributed by atoms with Crippen LogP contribution in [-0.2, 0) is 13.0 Å². The molecule has 2 rings (SSSR count). The summed E-state index contributed by atoms with van der Waals surface area (Å²) in [6.07, 6.45) is 2.05. The number of aromatic nitrogens is 1. The maximum Gasteiger partial charge on any atom is 0.258 e. The van der Waals surface area contributed by atoms with Gasteiger partial charge >= 0.3 is 0 Å². The zero-order chi connectivity index (χ0) is 15.4. The molecule has 1 heterocycles. The smallest absolute Gasteiger partial charge is 0.258 e. The zero-order valence-corrected chi connectivity index (χ0v) is 13.0.